The molecule has 1 saturated heterocycles. The van der Waals surface area contributed by atoms with E-state index in [1.54, 1.807) is 12.3 Å². The average molecular weight is 248 g/mol. The molecular weight excluding hydrogens is 228 g/mol. The van der Waals surface area contributed by atoms with Crippen molar-refractivity contribution in [3.8, 4) is 0 Å². The van der Waals surface area contributed by atoms with Crippen LogP contribution in [0.25, 0.3) is 0 Å². The molecule has 4 heteroatoms. The summed E-state index contributed by atoms with van der Waals surface area (Å²) in [6, 6.07) is 3.69. The zero-order chi connectivity index (χ0) is 13.4. The highest BCUT2D eigenvalue weighted by Gasteiger charge is 2.38. The Kier molecular flexibility index (Phi) is 3.15. The Balaban J connectivity index is 2.23. The Morgan fingerprint density at radius 1 is 1.22 bits per heavy atom. The van der Waals surface area contributed by atoms with Crippen LogP contribution in [-0.2, 0) is 4.74 Å². The maximum atomic E-state index is 10.6. The van der Waals surface area contributed by atoms with Crippen LogP contribution in [0, 0.1) is 0 Å². The van der Waals surface area contributed by atoms with E-state index < -0.39 is 0 Å². The summed E-state index contributed by atoms with van der Waals surface area (Å²) in [4.78, 5) is 17.2. The van der Waals surface area contributed by atoms with E-state index in [-0.39, 0.29) is 11.2 Å². The lowest BCUT2D eigenvalue weighted by Gasteiger charge is -2.47. The Morgan fingerprint density at radius 2 is 1.83 bits per heavy atom. The molecule has 0 radical (unpaired) electrons. The summed E-state index contributed by atoms with van der Waals surface area (Å²) in [6.07, 6.45) is 2.42. The van der Waals surface area contributed by atoms with Gasteiger partial charge in [0.15, 0.2) is 6.29 Å². The zero-order valence-corrected chi connectivity index (χ0v) is 11.4. The molecule has 0 unspecified atom stereocenters. The van der Waals surface area contributed by atoms with Crippen molar-refractivity contribution in [3.63, 3.8) is 0 Å². The number of aromatic nitrogens is 1. The van der Waals surface area contributed by atoms with Gasteiger partial charge in [-0.05, 0) is 39.8 Å². The molecule has 0 aromatic carbocycles. The third kappa shape index (κ3) is 2.88. The maximum Gasteiger partial charge on any atom is 0.151 e. The summed E-state index contributed by atoms with van der Waals surface area (Å²) < 4.78 is 6.03. The lowest BCUT2D eigenvalue weighted by molar-refractivity contribution is -0.133. The summed E-state index contributed by atoms with van der Waals surface area (Å²) in [6.45, 7) is 9.93. The van der Waals surface area contributed by atoms with E-state index in [0.717, 1.165) is 25.2 Å². The number of morpholine rings is 1. The number of aldehydes is 1. The number of carbonyl (C=O) groups is 1. The van der Waals surface area contributed by atoms with Crippen molar-refractivity contribution >= 4 is 12.1 Å². The minimum Gasteiger partial charge on any atom is -0.366 e. The van der Waals surface area contributed by atoms with Gasteiger partial charge in [0.25, 0.3) is 0 Å². The minimum absolute atomic E-state index is 0.202. The number of rotatable bonds is 2. The van der Waals surface area contributed by atoms with Crippen LogP contribution < -0.4 is 4.90 Å². The molecule has 1 aliphatic heterocycles. The molecular formula is C14H20N2O2. The third-order valence-corrected chi connectivity index (χ3v) is 2.93. The average Bonchev–Trinajstić information content (AvgIpc) is 2.25. The van der Waals surface area contributed by atoms with Crippen LogP contribution in [0.3, 0.4) is 0 Å². The standard InChI is InChI=1S/C14H20N2O2/c1-13(2)9-16(10-14(3,4)18-13)12-6-5-11(8-17)7-15-12/h5-8H,9-10H2,1-4H3. The Labute approximate surface area is 108 Å². The predicted molar refractivity (Wildman–Crippen MR) is 71.1 cm³/mol. The van der Waals surface area contributed by atoms with Crippen molar-refractivity contribution in [3.05, 3.63) is 23.9 Å². The molecule has 4 nitrogen and oxygen atoms in total. The number of anilines is 1. The van der Waals surface area contributed by atoms with Gasteiger partial charge in [0.05, 0.1) is 11.2 Å². The number of hydrogen-bond acceptors (Lipinski definition) is 4. The van der Waals surface area contributed by atoms with Gasteiger partial charge in [-0.25, -0.2) is 4.98 Å². The second-order valence-electron chi connectivity index (χ2n) is 6.05. The molecule has 2 heterocycles. The molecule has 18 heavy (non-hydrogen) atoms. The van der Waals surface area contributed by atoms with Crippen LogP contribution in [0.1, 0.15) is 38.1 Å². The highest BCUT2D eigenvalue weighted by Crippen LogP contribution is 2.30. The fourth-order valence-electron chi connectivity index (χ4n) is 2.60. The zero-order valence-electron chi connectivity index (χ0n) is 11.4. The fraction of sp³-hybridized carbons (Fsp3) is 0.571. The van der Waals surface area contributed by atoms with Crippen molar-refractivity contribution in [2.24, 2.45) is 0 Å². The second-order valence-corrected chi connectivity index (χ2v) is 6.05. The summed E-state index contributed by atoms with van der Waals surface area (Å²) in [5.41, 5.74) is 0.199. The van der Waals surface area contributed by atoms with Crippen molar-refractivity contribution in [2.45, 2.75) is 38.9 Å². The first-order valence-corrected chi connectivity index (χ1v) is 6.18. The molecule has 2 rings (SSSR count). The molecule has 0 saturated carbocycles. The van der Waals surface area contributed by atoms with Crippen LogP contribution in [-0.4, -0.2) is 35.6 Å². The highest BCUT2D eigenvalue weighted by molar-refractivity contribution is 5.74. The summed E-state index contributed by atoms with van der Waals surface area (Å²) in [7, 11) is 0. The first-order valence-electron chi connectivity index (χ1n) is 6.18. The van der Waals surface area contributed by atoms with E-state index in [1.807, 2.05) is 6.07 Å². The summed E-state index contributed by atoms with van der Waals surface area (Å²) in [5, 5.41) is 0. The normalized spacial score (nSPS) is 21.7. The first-order chi connectivity index (χ1) is 8.31. The van der Waals surface area contributed by atoms with Gasteiger partial charge in [0.1, 0.15) is 5.82 Å². The lowest BCUT2D eigenvalue weighted by atomic mass is 9.99. The van der Waals surface area contributed by atoms with Gasteiger partial charge in [0.2, 0.25) is 0 Å². The van der Waals surface area contributed by atoms with Crippen LogP contribution >= 0.6 is 0 Å². The molecule has 1 fully saturated rings. The Morgan fingerprint density at radius 3 is 2.28 bits per heavy atom. The van der Waals surface area contributed by atoms with E-state index in [0.29, 0.717) is 5.56 Å². The van der Waals surface area contributed by atoms with Gasteiger partial charge in [-0.2, -0.15) is 0 Å². The molecule has 0 atom stereocenters. The third-order valence-electron chi connectivity index (χ3n) is 2.93. The van der Waals surface area contributed by atoms with E-state index in [1.165, 1.54) is 0 Å². The molecule has 0 aliphatic carbocycles. The number of hydrogen-bond donors (Lipinski definition) is 0. The van der Waals surface area contributed by atoms with Crippen molar-refractivity contribution in [2.75, 3.05) is 18.0 Å². The summed E-state index contributed by atoms with van der Waals surface area (Å²) in [5.74, 6) is 0.894. The van der Waals surface area contributed by atoms with Gasteiger partial charge >= 0.3 is 0 Å². The first kappa shape index (κ1) is 13.0. The number of pyridine rings is 1. The van der Waals surface area contributed by atoms with Gasteiger partial charge in [-0.3, -0.25) is 4.79 Å². The smallest absolute Gasteiger partial charge is 0.151 e. The largest absolute Gasteiger partial charge is 0.366 e. The lowest BCUT2D eigenvalue weighted by Crippen LogP contribution is -2.57. The SMILES string of the molecule is CC1(C)CN(c2ccc(C=O)cn2)CC(C)(C)O1. The van der Waals surface area contributed by atoms with E-state index >= 15 is 0 Å². The van der Waals surface area contributed by atoms with Crippen LogP contribution in [0.5, 0.6) is 0 Å². The predicted octanol–water partition coefficient (Wildman–Crippen LogP) is 2.29. The van der Waals surface area contributed by atoms with E-state index in [2.05, 4.69) is 37.6 Å². The molecule has 1 aromatic rings. The molecule has 0 N–H and O–H groups in total. The molecule has 0 spiro atoms. The van der Waals surface area contributed by atoms with Crippen LogP contribution in [0.4, 0.5) is 5.82 Å². The highest BCUT2D eigenvalue weighted by atomic mass is 16.5. The maximum absolute atomic E-state index is 10.6. The molecule has 1 aromatic heterocycles. The molecule has 0 amide bonds. The number of ether oxygens (including phenoxy) is 1. The van der Waals surface area contributed by atoms with Gasteiger partial charge < -0.3 is 9.64 Å². The molecule has 1 aliphatic rings. The van der Waals surface area contributed by atoms with E-state index in [9.17, 15) is 4.79 Å². The number of carbonyl (C=O) groups excluding carboxylic acids is 1. The van der Waals surface area contributed by atoms with Crippen molar-refractivity contribution in [1.29, 1.82) is 0 Å². The molecule has 98 valence electrons. The van der Waals surface area contributed by atoms with Gasteiger partial charge in [0, 0.05) is 24.8 Å². The van der Waals surface area contributed by atoms with Crippen molar-refractivity contribution in [1.82, 2.24) is 4.98 Å². The minimum atomic E-state index is -0.202. The Hall–Kier alpha value is -1.42. The van der Waals surface area contributed by atoms with Crippen LogP contribution in [0.2, 0.25) is 0 Å². The Bertz CT molecular complexity index is 422. The van der Waals surface area contributed by atoms with Crippen LogP contribution in [0.15, 0.2) is 18.3 Å². The van der Waals surface area contributed by atoms with Gasteiger partial charge in [-0.15, -0.1) is 0 Å². The molecule has 0 bridgehead atoms. The number of nitrogens with zero attached hydrogens (tertiary/aromatic N) is 2. The summed E-state index contributed by atoms with van der Waals surface area (Å²) >= 11 is 0. The monoisotopic (exact) mass is 248 g/mol. The topological polar surface area (TPSA) is 42.4 Å². The second kappa shape index (κ2) is 4.35. The fourth-order valence-corrected chi connectivity index (χ4v) is 2.60. The van der Waals surface area contributed by atoms with Crippen molar-refractivity contribution < 1.29 is 9.53 Å². The van der Waals surface area contributed by atoms with Gasteiger partial charge in [-0.1, -0.05) is 0 Å². The quantitative estimate of drug-likeness (QED) is 0.753. The van der Waals surface area contributed by atoms with E-state index in [4.69, 9.17) is 4.74 Å².